The van der Waals surface area contributed by atoms with Gasteiger partial charge in [-0.15, -0.1) is 0 Å². The van der Waals surface area contributed by atoms with Crippen molar-refractivity contribution in [2.24, 2.45) is 0 Å². The molecule has 0 atom stereocenters. The van der Waals surface area contributed by atoms with E-state index in [4.69, 9.17) is 9.26 Å². The fourth-order valence-electron chi connectivity index (χ4n) is 3.54. The van der Waals surface area contributed by atoms with Gasteiger partial charge in [-0.1, -0.05) is 11.2 Å². The molecule has 1 amide bonds. The van der Waals surface area contributed by atoms with Crippen LogP contribution in [0, 0.1) is 13.8 Å². The second-order valence-corrected chi connectivity index (χ2v) is 9.94. The second-order valence-electron chi connectivity index (χ2n) is 8.03. The van der Waals surface area contributed by atoms with Crippen LogP contribution in [0.15, 0.2) is 47.0 Å². The maximum atomic E-state index is 12.3. The van der Waals surface area contributed by atoms with Crippen LogP contribution in [-0.2, 0) is 21.4 Å². The number of amides is 1. The number of rotatable bonds is 11. The van der Waals surface area contributed by atoms with Crippen molar-refractivity contribution in [2.45, 2.75) is 40.2 Å². The summed E-state index contributed by atoms with van der Waals surface area (Å²) in [5.41, 5.74) is 3.33. The Balaban J connectivity index is 1.51. The molecule has 0 saturated heterocycles. The first-order chi connectivity index (χ1) is 16.2. The molecule has 3 aromatic rings. The van der Waals surface area contributed by atoms with E-state index in [1.807, 2.05) is 63.2 Å². The first-order valence-corrected chi connectivity index (χ1v) is 12.9. The molecule has 182 valence electrons. The third kappa shape index (κ3) is 7.05. The van der Waals surface area contributed by atoms with Gasteiger partial charge in [0, 0.05) is 18.5 Å². The predicted octanol–water partition coefficient (Wildman–Crippen LogP) is 3.61. The van der Waals surface area contributed by atoms with Gasteiger partial charge >= 0.3 is 0 Å². The van der Waals surface area contributed by atoms with Crippen molar-refractivity contribution in [3.63, 3.8) is 0 Å². The van der Waals surface area contributed by atoms with Crippen molar-refractivity contribution in [2.75, 3.05) is 23.7 Å². The summed E-state index contributed by atoms with van der Waals surface area (Å²) in [5, 5.41) is 6.69. The van der Waals surface area contributed by atoms with E-state index in [0.29, 0.717) is 24.5 Å². The lowest BCUT2D eigenvalue weighted by Gasteiger charge is -2.23. The quantitative estimate of drug-likeness (QED) is 0.440. The van der Waals surface area contributed by atoms with Gasteiger partial charge in [-0.25, -0.2) is 8.42 Å². The minimum Gasteiger partial charge on any atom is -0.494 e. The van der Waals surface area contributed by atoms with Gasteiger partial charge in [0.05, 0.1) is 25.1 Å². The van der Waals surface area contributed by atoms with Crippen LogP contribution >= 0.6 is 0 Å². The third-order valence-electron chi connectivity index (χ3n) is 4.99. The molecule has 0 saturated carbocycles. The highest BCUT2D eigenvalue weighted by molar-refractivity contribution is 7.92. The molecule has 0 aliphatic heterocycles. The normalized spacial score (nSPS) is 11.3. The summed E-state index contributed by atoms with van der Waals surface area (Å²) >= 11 is 0. The third-order valence-corrected chi connectivity index (χ3v) is 6.18. The maximum Gasteiger partial charge on any atom is 0.246 e. The Labute approximate surface area is 200 Å². The average Bonchev–Trinajstić information content (AvgIpc) is 3.23. The van der Waals surface area contributed by atoms with Crippen molar-refractivity contribution in [1.29, 1.82) is 0 Å². The number of carbonyl (C=O) groups excluding carboxylic acids is 1. The molecule has 0 bridgehead atoms. The molecule has 3 rings (SSSR count). The lowest BCUT2D eigenvalue weighted by atomic mass is 10.1. The highest BCUT2D eigenvalue weighted by Crippen LogP contribution is 2.22. The van der Waals surface area contributed by atoms with E-state index < -0.39 is 10.0 Å². The van der Waals surface area contributed by atoms with Gasteiger partial charge in [-0.3, -0.25) is 9.10 Å². The molecule has 0 aliphatic carbocycles. The summed E-state index contributed by atoms with van der Waals surface area (Å²) in [6, 6.07) is 13.0. The largest absolute Gasteiger partial charge is 0.494 e. The molecule has 10 heteroatoms. The number of aryl methyl sites for hydroxylation is 2. The topological polar surface area (TPSA) is 115 Å². The lowest BCUT2D eigenvalue weighted by Crippen LogP contribution is -2.32. The lowest BCUT2D eigenvalue weighted by molar-refractivity contribution is -0.121. The molecule has 0 fully saturated rings. The second kappa shape index (κ2) is 11.1. The van der Waals surface area contributed by atoms with Crippen LogP contribution in [0.25, 0.3) is 11.4 Å². The molecule has 34 heavy (non-hydrogen) atoms. The minimum atomic E-state index is -3.47. The summed E-state index contributed by atoms with van der Waals surface area (Å²) in [7, 11) is -3.47. The van der Waals surface area contributed by atoms with E-state index in [2.05, 4.69) is 15.5 Å². The van der Waals surface area contributed by atoms with Crippen molar-refractivity contribution in [1.82, 2.24) is 15.5 Å². The fourth-order valence-corrected chi connectivity index (χ4v) is 4.49. The number of ether oxygens (including phenoxy) is 1. The van der Waals surface area contributed by atoms with Crippen LogP contribution in [0.4, 0.5) is 5.69 Å². The summed E-state index contributed by atoms with van der Waals surface area (Å²) in [6.07, 6.45) is 1.70. The summed E-state index contributed by atoms with van der Waals surface area (Å²) in [5.74, 6) is 1.23. The van der Waals surface area contributed by atoms with Gasteiger partial charge in [0.25, 0.3) is 0 Å². The zero-order valence-electron chi connectivity index (χ0n) is 19.9. The monoisotopic (exact) mass is 486 g/mol. The zero-order chi connectivity index (χ0) is 24.7. The Bertz CT molecular complexity index is 1200. The van der Waals surface area contributed by atoms with E-state index in [-0.39, 0.29) is 31.3 Å². The number of nitrogens with zero attached hydrogens (tertiary/aromatic N) is 3. The number of carbonyl (C=O) groups is 1. The van der Waals surface area contributed by atoms with Crippen molar-refractivity contribution >= 4 is 21.6 Å². The zero-order valence-corrected chi connectivity index (χ0v) is 20.7. The van der Waals surface area contributed by atoms with E-state index in [9.17, 15) is 13.2 Å². The van der Waals surface area contributed by atoms with Crippen molar-refractivity contribution < 1.29 is 22.5 Å². The number of benzene rings is 2. The molecular formula is C24H30N4O5S. The number of anilines is 1. The highest BCUT2D eigenvalue weighted by atomic mass is 32.2. The first-order valence-electron chi connectivity index (χ1n) is 11.0. The first kappa shape index (κ1) is 25.2. The van der Waals surface area contributed by atoms with Gasteiger partial charge in [0.2, 0.25) is 27.6 Å². The average molecular weight is 487 g/mol. The number of aromatic nitrogens is 2. The van der Waals surface area contributed by atoms with Gasteiger partial charge in [0.1, 0.15) is 5.75 Å². The van der Waals surface area contributed by atoms with Crippen LogP contribution in [0.2, 0.25) is 0 Å². The van der Waals surface area contributed by atoms with Gasteiger partial charge in [0.15, 0.2) is 0 Å². The van der Waals surface area contributed by atoms with E-state index in [0.717, 1.165) is 22.4 Å². The smallest absolute Gasteiger partial charge is 0.246 e. The molecule has 0 radical (unpaired) electrons. The van der Waals surface area contributed by atoms with E-state index in [1.54, 1.807) is 0 Å². The molecule has 9 nitrogen and oxygen atoms in total. The Kier molecular flexibility index (Phi) is 8.27. The summed E-state index contributed by atoms with van der Waals surface area (Å²) in [6.45, 7) is 6.64. The highest BCUT2D eigenvalue weighted by Gasteiger charge is 2.18. The molecule has 0 spiro atoms. The molecule has 0 unspecified atom stereocenters. The van der Waals surface area contributed by atoms with E-state index in [1.165, 1.54) is 10.6 Å². The summed E-state index contributed by atoms with van der Waals surface area (Å²) in [4.78, 5) is 16.6. The van der Waals surface area contributed by atoms with Crippen LogP contribution in [-0.4, -0.2) is 43.9 Å². The van der Waals surface area contributed by atoms with Crippen LogP contribution in [0.1, 0.15) is 36.8 Å². The van der Waals surface area contributed by atoms with Gasteiger partial charge in [-0.05, 0) is 74.7 Å². The Morgan fingerprint density at radius 1 is 1.12 bits per heavy atom. The minimum absolute atomic E-state index is 0.0930. The number of nitrogens with one attached hydrogen (secondary N) is 1. The Morgan fingerprint density at radius 2 is 1.79 bits per heavy atom. The molecule has 1 heterocycles. The molecule has 2 aromatic carbocycles. The predicted molar refractivity (Wildman–Crippen MR) is 130 cm³/mol. The number of sulfonamides is 1. The van der Waals surface area contributed by atoms with Crippen molar-refractivity contribution in [3.05, 3.63) is 59.5 Å². The fraction of sp³-hybridized carbons (Fsp3) is 0.375. The van der Waals surface area contributed by atoms with Gasteiger partial charge in [-0.2, -0.15) is 4.98 Å². The van der Waals surface area contributed by atoms with Crippen LogP contribution in [0.5, 0.6) is 5.75 Å². The number of hydrogen-bond acceptors (Lipinski definition) is 7. The maximum absolute atomic E-state index is 12.3. The van der Waals surface area contributed by atoms with Crippen LogP contribution < -0.4 is 14.4 Å². The SMILES string of the molecule is CCOc1ccc(-c2noc(CNC(=O)CCCN(c3cc(C)cc(C)c3)S(C)(=O)=O)n2)cc1. The molecule has 1 aromatic heterocycles. The van der Waals surface area contributed by atoms with Crippen molar-refractivity contribution in [3.8, 4) is 17.1 Å². The molecular weight excluding hydrogens is 456 g/mol. The standard InChI is InChI=1S/C24H30N4O5S/c1-5-32-21-10-8-19(9-11-21)24-26-23(33-27-24)16-25-22(29)7-6-12-28(34(4,30)31)20-14-17(2)13-18(3)15-20/h8-11,13-15H,5-7,12,16H2,1-4H3,(H,25,29). The van der Waals surface area contributed by atoms with Gasteiger partial charge < -0.3 is 14.6 Å². The molecule has 0 aliphatic rings. The van der Waals surface area contributed by atoms with E-state index >= 15 is 0 Å². The van der Waals surface area contributed by atoms with Crippen LogP contribution in [0.3, 0.4) is 0 Å². The Hall–Kier alpha value is -3.40. The summed E-state index contributed by atoms with van der Waals surface area (Å²) < 4.78 is 36.6. The molecule has 1 N–H and O–H groups in total. The number of hydrogen-bond donors (Lipinski definition) is 1. The Morgan fingerprint density at radius 3 is 2.41 bits per heavy atom.